The summed E-state index contributed by atoms with van der Waals surface area (Å²) in [6.45, 7) is 3.93. The van der Waals surface area contributed by atoms with Crippen molar-refractivity contribution in [3.63, 3.8) is 0 Å². The van der Waals surface area contributed by atoms with Crippen LogP contribution in [-0.4, -0.2) is 11.5 Å². The van der Waals surface area contributed by atoms with Gasteiger partial charge < -0.3 is 11.1 Å². The van der Waals surface area contributed by atoms with Crippen LogP contribution in [0.1, 0.15) is 34.3 Å². The van der Waals surface area contributed by atoms with Gasteiger partial charge >= 0.3 is 0 Å². The molecule has 0 saturated carbocycles. The normalized spacial score (nSPS) is 12.5. The molecule has 1 aromatic carbocycles. The Hall–Kier alpha value is -1.23. The summed E-state index contributed by atoms with van der Waals surface area (Å²) in [5.41, 5.74) is 7.37. The minimum Gasteiger partial charge on any atom is -0.324 e. The maximum absolute atomic E-state index is 6.15. The molecule has 0 radical (unpaired) electrons. The molecule has 1 atom stereocenters. The third kappa shape index (κ3) is 4.74. The van der Waals surface area contributed by atoms with Crippen molar-refractivity contribution in [1.29, 1.82) is 0 Å². The van der Waals surface area contributed by atoms with Gasteiger partial charge in [-0.05, 0) is 31.9 Å². The number of hydrogen-bond acceptors (Lipinski definition) is 4. The van der Waals surface area contributed by atoms with Gasteiger partial charge in [-0.25, -0.2) is 4.98 Å². The number of rotatable bonds is 7. The Morgan fingerprint density at radius 3 is 2.79 bits per heavy atom. The zero-order chi connectivity index (χ0) is 13.5. The molecule has 0 aliphatic heterocycles. The topological polar surface area (TPSA) is 50.9 Å². The predicted molar refractivity (Wildman–Crippen MR) is 81.2 cm³/mol. The van der Waals surface area contributed by atoms with Gasteiger partial charge in [-0.3, -0.25) is 0 Å². The van der Waals surface area contributed by atoms with E-state index in [2.05, 4.69) is 29.4 Å². The predicted octanol–water partition coefficient (Wildman–Crippen LogP) is 3.02. The van der Waals surface area contributed by atoms with E-state index in [1.807, 2.05) is 24.4 Å². The van der Waals surface area contributed by atoms with Gasteiger partial charge in [0.25, 0.3) is 0 Å². The quantitative estimate of drug-likeness (QED) is 0.764. The Morgan fingerprint density at radius 1 is 1.32 bits per heavy atom. The molecule has 0 bridgehead atoms. The van der Waals surface area contributed by atoms with Crippen LogP contribution >= 0.6 is 11.3 Å². The van der Waals surface area contributed by atoms with Crippen LogP contribution in [0.5, 0.6) is 0 Å². The minimum atomic E-state index is 0.144. The van der Waals surface area contributed by atoms with Crippen LogP contribution in [0, 0.1) is 6.92 Å². The zero-order valence-electron chi connectivity index (χ0n) is 11.3. The van der Waals surface area contributed by atoms with E-state index >= 15 is 0 Å². The number of hydrogen-bond donors (Lipinski definition) is 2. The van der Waals surface area contributed by atoms with Crippen molar-refractivity contribution in [3.05, 3.63) is 52.0 Å². The number of aryl methyl sites for hydroxylation is 1. The van der Waals surface area contributed by atoms with Crippen molar-refractivity contribution >= 4 is 11.3 Å². The van der Waals surface area contributed by atoms with Crippen LogP contribution in [0.15, 0.2) is 36.5 Å². The molecule has 3 N–H and O–H groups in total. The Bertz CT molecular complexity index is 481. The fourth-order valence-electron chi connectivity index (χ4n) is 1.99. The number of benzene rings is 1. The molecule has 1 aromatic heterocycles. The summed E-state index contributed by atoms with van der Waals surface area (Å²) in [5, 5.41) is 4.57. The number of nitrogens with two attached hydrogens (primary N) is 1. The van der Waals surface area contributed by atoms with E-state index in [1.165, 1.54) is 10.4 Å². The van der Waals surface area contributed by atoms with Crippen LogP contribution in [0.25, 0.3) is 0 Å². The highest BCUT2D eigenvalue weighted by atomic mass is 32.1. The summed E-state index contributed by atoms with van der Waals surface area (Å²) >= 11 is 1.75. The summed E-state index contributed by atoms with van der Waals surface area (Å²) in [7, 11) is 0. The second-order valence-electron chi connectivity index (χ2n) is 4.70. The third-order valence-electron chi connectivity index (χ3n) is 3.04. The fourth-order valence-corrected chi connectivity index (χ4v) is 2.75. The second kappa shape index (κ2) is 7.38. The lowest BCUT2D eigenvalue weighted by molar-refractivity contribution is 0.566. The SMILES string of the molecule is Cc1cnc(CNCCCC(N)c2ccccc2)s1. The average Bonchev–Trinajstić information content (AvgIpc) is 2.85. The molecule has 0 aliphatic carbocycles. The van der Waals surface area contributed by atoms with Gasteiger partial charge in [0.2, 0.25) is 0 Å². The first-order chi connectivity index (χ1) is 9.25. The molecule has 2 rings (SSSR count). The fraction of sp³-hybridized carbons (Fsp3) is 0.400. The molecular formula is C15H21N3S. The first kappa shape index (κ1) is 14.2. The van der Waals surface area contributed by atoms with Crippen molar-refractivity contribution < 1.29 is 0 Å². The summed E-state index contributed by atoms with van der Waals surface area (Å²) in [5.74, 6) is 0. The molecule has 0 saturated heterocycles. The Labute approximate surface area is 118 Å². The lowest BCUT2D eigenvalue weighted by Gasteiger charge is -2.11. The molecule has 3 nitrogen and oxygen atoms in total. The van der Waals surface area contributed by atoms with E-state index in [0.717, 1.165) is 30.9 Å². The molecular weight excluding hydrogens is 254 g/mol. The zero-order valence-corrected chi connectivity index (χ0v) is 12.1. The summed E-state index contributed by atoms with van der Waals surface area (Å²) in [6.07, 6.45) is 4.02. The standard InChI is InChI=1S/C15H21N3S/c1-12-10-18-15(19-12)11-17-9-5-8-14(16)13-6-3-2-4-7-13/h2-4,6-7,10,14,17H,5,8-9,11,16H2,1H3. The van der Waals surface area contributed by atoms with Gasteiger partial charge in [0.05, 0.1) is 0 Å². The summed E-state index contributed by atoms with van der Waals surface area (Å²) in [4.78, 5) is 5.59. The van der Waals surface area contributed by atoms with E-state index in [4.69, 9.17) is 5.73 Å². The molecule has 2 aromatic rings. The maximum atomic E-state index is 6.15. The Morgan fingerprint density at radius 2 is 2.11 bits per heavy atom. The van der Waals surface area contributed by atoms with Gasteiger partial charge in [-0.1, -0.05) is 30.3 Å². The molecule has 0 fully saturated rings. The largest absolute Gasteiger partial charge is 0.324 e. The Kier molecular flexibility index (Phi) is 5.51. The van der Waals surface area contributed by atoms with Crippen molar-refractivity contribution in [2.45, 2.75) is 32.4 Å². The highest BCUT2D eigenvalue weighted by molar-refractivity contribution is 7.11. The lowest BCUT2D eigenvalue weighted by atomic mass is 10.0. The maximum Gasteiger partial charge on any atom is 0.107 e. The van der Waals surface area contributed by atoms with Crippen molar-refractivity contribution in [3.8, 4) is 0 Å². The molecule has 1 heterocycles. The first-order valence-corrected chi connectivity index (χ1v) is 7.50. The van der Waals surface area contributed by atoms with Gasteiger partial charge in [0.1, 0.15) is 5.01 Å². The molecule has 1 unspecified atom stereocenters. The molecule has 19 heavy (non-hydrogen) atoms. The van der Waals surface area contributed by atoms with Gasteiger partial charge in [-0.15, -0.1) is 11.3 Å². The van der Waals surface area contributed by atoms with E-state index in [-0.39, 0.29) is 6.04 Å². The third-order valence-corrected chi connectivity index (χ3v) is 3.95. The van der Waals surface area contributed by atoms with Crippen LogP contribution < -0.4 is 11.1 Å². The second-order valence-corrected chi connectivity index (χ2v) is 6.02. The number of nitrogens with one attached hydrogen (secondary N) is 1. The number of aromatic nitrogens is 1. The van der Waals surface area contributed by atoms with E-state index in [0.29, 0.717) is 0 Å². The van der Waals surface area contributed by atoms with Gasteiger partial charge in [0, 0.05) is 23.7 Å². The Balaban J connectivity index is 1.62. The van der Waals surface area contributed by atoms with Crippen molar-refractivity contribution in [2.75, 3.05) is 6.54 Å². The van der Waals surface area contributed by atoms with E-state index < -0.39 is 0 Å². The van der Waals surface area contributed by atoms with Crippen LogP contribution in [-0.2, 0) is 6.54 Å². The summed E-state index contributed by atoms with van der Waals surface area (Å²) < 4.78 is 0. The molecule has 102 valence electrons. The first-order valence-electron chi connectivity index (χ1n) is 6.68. The average molecular weight is 275 g/mol. The molecule has 4 heteroatoms. The lowest BCUT2D eigenvalue weighted by Crippen LogP contribution is -2.17. The number of nitrogens with zero attached hydrogens (tertiary/aromatic N) is 1. The van der Waals surface area contributed by atoms with Crippen molar-refractivity contribution in [2.24, 2.45) is 5.73 Å². The highest BCUT2D eigenvalue weighted by Gasteiger charge is 2.04. The van der Waals surface area contributed by atoms with E-state index in [1.54, 1.807) is 11.3 Å². The monoisotopic (exact) mass is 275 g/mol. The smallest absolute Gasteiger partial charge is 0.107 e. The summed E-state index contributed by atoms with van der Waals surface area (Å²) in [6, 6.07) is 10.4. The van der Waals surface area contributed by atoms with Crippen molar-refractivity contribution in [1.82, 2.24) is 10.3 Å². The molecule has 0 aliphatic rings. The van der Waals surface area contributed by atoms with E-state index in [9.17, 15) is 0 Å². The van der Waals surface area contributed by atoms with Crippen LogP contribution in [0.2, 0.25) is 0 Å². The molecule has 0 spiro atoms. The van der Waals surface area contributed by atoms with Crippen LogP contribution in [0.3, 0.4) is 0 Å². The molecule has 0 amide bonds. The highest BCUT2D eigenvalue weighted by Crippen LogP contribution is 2.15. The minimum absolute atomic E-state index is 0.144. The van der Waals surface area contributed by atoms with Crippen LogP contribution in [0.4, 0.5) is 0 Å². The van der Waals surface area contributed by atoms with Gasteiger partial charge in [-0.2, -0.15) is 0 Å². The number of thiazole rings is 1. The van der Waals surface area contributed by atoms with Gasteiger partial charge in [0.15, 0.2) is 0 Å².